The van der Waals surface area contributed by atoms with Gasteiger partial charge in [0.1, 0.15) is 6.04 Å². The van der Waals surface area contributed by atoms with E-state index in [4.69, 9.17) is 16.7 Å². The van der Waals surface area contributed by atoms with Gasteiger partial charge < -0.3 is 15.3 Å². The Balaban J connectivity index is 1.96. The number of thioether (sulfide) groups is 1. The second kappa shape index (κ2) is 8.39. The standard InChI is InChI=1S/C16H19ClN2O4S/c1-10(6-14(20)21)7-18-15(22)13-8-24-9-19(13)16(23)11-2-4-12(17)5-3-11/h2-5,10,13H,6-9H2,1H3,(H,18,22)(H,20,21). The van der Waals surface area contributed by atoms with Crippen molar-refractivity contribution in [3.05, 3.63) is 34.9 Å². The van der Waals surface area contributed by atoms with E-state index in [1.807, 2.05) is 0 Å². The van der Waals surface area contributed by atoms with E-state index >= 15 is 0 Å². The minimum absolute atomic E-state index is 0.00683. The zero-order chi connectivity index (χ0) is 17.7. The van der Waals surface area contributed by atoms with Crippen molar-refractivity contribution in [1.82, 2.24) is 10.2 Å². The molecule has 2 rings (SSSR count). The molecule has 0 radical (unpaired) electrons. The Bertz CT molecular complexity index is 623. The molecular formula is C16H19ClN2O4S. The van der Waals surface area contributed by atoms with Gasteiger partial charge in [0.25, 0.3) is 5.91 Å². The maximum absolute atomic E-state index is 12.6. The van der Waals surface area contributed by atoms with Crippen LogP contribution < -0.4 is 5.32 Å². The molecule has 1 aromatic carbocycles. The van der Waals surface area contributed by atoms with Crippen LogP contribution in [0.25, 0.3) is 0 Å². The third kappa shape index (κ3) is 4.88. The molecule has 0 aliphatic carbocycles. The van der Waals surface area contributed by atoms with E-state index in [0.29, 0.717) is 22.2 Å². The Kier molecular flexibility index (Phi) is 6.51. The molecule has 1 heterocycles. The lowest BCUT2D eigenvalue weighted by Crippen LogP contribution is -2.48. The van der Waals surface area contributed by atoms with Crippen LogP contribution in [0.3, 0.4) is 0 Å². The lowest BCUT2D eigenvalue weighted by molar-refractivity contribution is -0.138. The molecule has 24 heavy (non-hydrogen) atoms. The molecule has 1 saturated heterocycles. The number of carbonyl (C=O) groups is 3. The molecule has 2 unspecified atom stereocenters. The van der Waals surface area contributed by atoms with Crippen molar-refractivity contribution in [2.45, 2.75) is 19.4 Å². The topological polar surface area (TPSA) is 86.7 Å². The zero-order valence-electron chi connectivity index (χ0n) is 13.2. The summed E-state index contributed by atoms with van der Waals surface area (Å²) in [6, 6.07) is 6.01. The fourth-order valence-electron chi connectivity index (χ4n) is 2.38. The molecular weight excluding hydrogens is 352 g/mol. The molecule has 1 aromatic rings. The summed E-state index contributed by atoms with van der Waals surface area (Å²) in [5.41, 5.74) is 0.485. The van der Waals surface area contributed by atoms with Crippen molar-refractivity contribution in [2.24, 2.45) is 5.92 Å². The summed E-state index contributed by atoms with van der Waals surface area (Å²) in [6.45, 7) is 2.03. The molecule has 130 valence electrons. The highest BCUT2D eigenvalue weighted by molar-refractivity contribution is 7.99. The van der Waals surface area contributed by atoms with E-state index in [-0.39, 0.29) is 30.7 Å². The molecule has 0 aromatic heterocycles. The highest BCUT2D eigenvalue weighted by Crippen LogP contribution is 2.24. The summed E-state index contributed by atoms with van der Waals surface area (Å²) in [5.74, 6) is -0.550. The Hall–Kier alpha value is -1.73. The van der Waals surface area contributed by atoms with Crippen LogP contribution in [-0.2, 0) is 9.59 Å². The fraction of sp³-hybridized carbons (Fsp3) is 0.438. The first-order chi connectivity index (χ1) is 11.4. The fourth-order valence-corrected chi connectivity index (χ4v) is 3.66. The van der Waals surface area contributed by atoms with Crippen molar-refractivity contribution in [3.63, 3.8) is 0 Å². The number of halogens is 1. The van der Waals surface area contributed by atoms with E-state index in [1.165, 1.54) is 16.7 Å². The van der Waals surface area contributed by atoms with E-state index < -0.39 is 12.0 Å². The minimum atomic E-state index is -0.896. The van der Waals surface area contributed by atoms with E-state index in [0.717, 1.165) is 0 Å². The van der Waals surface area contributed by atoms with Crippen LogP contribution in [0.1, 0.15) is 23.7 Å². The Labute approximate surface area is 149 Å². The van der Waals surface area contributed by atoms with Gasteiger partial charge in [-0.3, -0.25) is 14.4 Å². The molecule has 6 nitrogen and oxygen atoms in total. The number of carboxylic acid groups (broad SMARTS) is 1. The number of nitrogens with one attached hydrogen (secondary N) is 1. The first-order valence-corrected chi connectivity index (χ1v) is 9.05. The number of rotatable bonds is 6. The quantitative estimate of drug-likeness (QED) is 0.800. The SMILES string of the molecule is CC(CNC(=O)C1CSCN1C(=O)c1ccc(Cl)cc1)CC(=O)O. The van der Waals surface area contributed by atoms with Gasteiger partial charge in [-0.25, -0.2) is 0 Å². The number of amides is 2. The first-order valence-electron chi connectivity index (χ1n) is 7.52. The summed E-state index contributed by atoms with van der Waals surface area (Å²) in [6.07, 6.45) is -0.00683. The Morgan fingerprint density at radius 1 is 1.38 bits per heavy atom. The summed E-state index contributed by atoms with van der Waals surface area (Å²) < 4.78 is 0. The van der Waals surface area contributed by atoms with Crippen LogP contribution in [0.2, 0.25) is 5.02 Å². The van der Waals surface area contributed by atoms with Crippen molar-refractivity contribution >= 4 is 41.1 Å². The molecule has 0 saturated carbocycles. The van der Waals surface area contributed by atoms with Gasteiger partial charge in [-0.15, -0.1) is 11.8 Å². The number of carbonyl (C=O) groups excluding carboxylic acids is 2. The Morgan fingerprint density at radius 3 is 2.67 bits per heavy atom. The second-order valence-electron chi connectivity index (χ2n) is 5.75. The second-order valence-corrected chi connectivity index (χ2v) is 7.18. The number of aliphatic carboxylic acids is 1. The number of hydrogen-bond donors (Lipinski definition) is 2. The number of nitrogens with zero attached hydrogens (tertiary/aromatic N) is 1. The number of benzene rings is 1. The maximum atomic E-state index is 12.6. The summed E-state index contributed by atoms with van der Waals surface area (Å²) in [7, 11) is 0. The average molecular weight is 371 g/mol. The molecule has 0 spiro atoms. The average Bonchev–Trinajstić information content (AvgIpc) is 3.01. The van der Waals surface area contributed by atoms with E-state index in [9.17, 15) is 14.4 Å². The first kappa shape index (κ1) is 18.6. The van der Waals surface area contributed by atoms with Crippen LogP contribution in [-0.4, -0.2) is 52.0 Å². The molecule has 1 aliphatic rings. The third-order valence-electron chi connectivity index (χ3n) is 3.68. The largest absolute Gasteiger partial charge is 0.481 e. The lowest BCUT2D eigenvalue weighted by Gasteiger charge is -2.23. The van der Waals surface area contributed by atoms with Gasteiger partial charge in [0.05, 0.1) is 5.88 Å². The van der Waals surface area contributed by atoms with Gasteiger partial charge in [-0.05, 0) is 30.2 Å². The van der Waals surface area contributed by atoms with E-state index in [1.54, 1.807) is 31.2 Å². The van der Waals surface area contributed by atoms with Gasteiger partial charge in [0.15, 0.2) is 0 Å². The molecule has 2 amide bonds. The molecule has 1 fully saturated rings. The number of carboxylic acids is 1. The normalized spacial score (nSPS) is 18.2. The van der Waals surface area contributed by atoms with Gasteiger partial charge in [-0.2, -0.15) is 0 Å². The smallest absolute Gasteiger partial charge is 0.303 e. The van der Waals surface area contributed by atoms with Crippen LogP contribution in [0.5, 0.6) is 0 Å². The van der Waals surface area contributed by atoms with Crippen molar-refractivity contribution < 1.29 is 19.5 Å². The zero-order valence-corrected chi connectivity index (χ0v) is 14.8. The van der Waals surface area contributed by atoms with Gasteiger partial charge >= 0.3 is 5.97 Å². The van der Waals surface area contributed by atoms with E-state index in [2.05, 4.69) is 5.32 Å². The predicted molar refractivity (Wildman–Crippen MR) is 93.2 cm³/mol. The van der Waals surface area contributed by atoms with Gasteiger partial charge in [0, 0.05) is 29.3 Å². The van der Waals surface area contributed by atoms with Crippen LogP contribution in [0, 0.1) is 5.92 Å². The van der Waals surface area contributed by atoms with Crippen molar-refractivity contribution in [2.75, 3.05) is 18.2 Å². The van der Waals surface area contributed by atoms with Crippen molar-refractivity contribution in [1.29, 1.82) is 0 Å². The number of hydrogen-bond acceptors (Lipinski definition) is 4. The van der Waals surface area contributed by atoms with Crippen molar-refractivity contribution in [3.8, 4) is 0 Å². The third-order valence-corrected chi connectivity index (χ3v) is 4.95. The van der Waals surface area contributed by atoms with Gasteiger partial charge in [-0.1, -0.05) is 18.5 Å². The molecule has 2 atom stereocenters. The van der Waals surface area contributed by atoms with Crippen LogP contribution in [0.15, 0.2) is 24.3 Å². The molecule has 2 N–H and O–H groups in total. The summed E-state index contributed by atoms with van der Waals surface area (Å²) >= 11 is 7.34. The molecule has 1 aliphatic heterocycles. The summed E-state index contributed by atoms with van der Waals surface area (Å²) in [5, 5.41) is 12.0. The van der Waals surface area contributed by atoms with Gasteiger partial charge in [0.2, 0.25) is 5.91 Å². The molecule has 8 heteroatoms. The Morgan fingerprint density at radius 2 is 2.04 bits per heavy atom. The molecule has 0 bridgehead atoms. The minimum Gasteiger partial charge on any atom is -0.481 e. The lowest BCUT2D eigenvalue weighted by atomic mass is 10.1. The highest BCUT2D eigenvalue weighted by Gasteiger charge is 2.35. The summed E-state index contributed by atoms with van der Waals surface area (Å²) in [4.78, 5) is 37.1. The predicted octanol–water partition coefficient (Wildman–Crippen LogP) is 2.08. The maximum Gasteiger partial charge on any atom is 0.303 e. The van der Waals surface area contributed by atoms with Crippen LogP contribution >= 0.6 is 23.4 Å². The van der Waals surface area contributed by atoms with Crippen LogP contribution in [0.4, 0.5) is 0 Å². The monoisotopic (exact) mass is 370 g/mol. The highest BCUT2D eigenvalue weighted by atomic mass is 35.5.